The van der Waals surface area contributed by atoms with Crippen LogP contribution in [0.1, 0.15) is 184 Å². The van der Waals surface area contributed by atoms with Crippen molar-refractivity contribution in [3.63, 3.8) is 0 Å². The first-order chi connectivity index (χ1) is 22.8. The zero-order valence-corrected chi connectivity index (χ0v) is 37.6. The van der Waals surface area contributed by atoms with E-state index in [9.17, 15) is 0 Å². The van der Waals surface area contributed by atoms with E-state index in [1.165, 1.54) is 45.1 Å². The predicted octanol–water partition coefficient (Wildman–Crippen LogP) is 13.9. The van der Waals surface area contributed by atoms with Crippen LogP contribution in [0.3, 0.4) is 0 Å². The molecule has 3 aromatic carbocycles. The van der Waals surface area contributed by atoms with Crippen LogP contribution in [0.15, 0.2) is 65.7 Å². The Morgan fingerprint density at radius 3 is 1.31 bits per heavy atom. The second-order valence-corrected chi connectivity index (χ2v) is 67.5. The van der Waals surface area contributed by atoms with Gasteiger partial charge in [-0.05, 0) is 0 Å². The van der Waals surface area contributed by atoms with Gasteiger partial charge in [-0.1, -0.05) is 0 Å². The fraction of sp³-hybridized carbons (Fsp3) is 0.532. The molecule has 2 unspecified atom stereocenters. The van der Waals surface area contributed by atoms with Crippen LogP contribution >= 0.6 is 0 Å². The molecular weight excluding hydrogens is 684 g/mol. The van der Waals surface area contributed by atoms with Gasteiger partial charge < -0.3 is 0 Å². The molecule has 5 rings (SSSR count). The van der Waals surface area contributed by atoms with Gasteiger partial charge in [0.15, 0.2) is 0 Å². The van der Waals surface area contributed by atoms with Crippen molar-refractivity contribution in [1.82, 2.24) is 0 Å². The first-order valence-electron chi connectivity index (χ1n) is 20.1. The Hall–Kier alpha value is -1.76. The molecule has 0 N–H and O–H groups in total. The average molecular weight is 754 g/mol. The van der Waals surface area contributed by atoms with Gasteiger partial charge in [-0.2, -0.15) is 0 Å². The Morgan fingerprint density at radius 2 is 0.980 bits per heavy atom. The summed E-state index contributed by atoms with van der Waals surface area (Å²) >= 11 is -5.64. The maximum atomic E-state index is 3.05. The summed E-state index contributed by atoms with van der Waals surface area (Å²) in [5.74, 6) is 1.95. The number of hydrogen-bond donors (Lipinski definition) is 0. The van der Waals surface area contributed by atoms with E-state index in [0.717, 1.165) is 0 Å². The summed E-state index contributed by atoms with van der Waals surface area (Å²) in [6, 6.07) is 22.9. The number of hydrogen-bond acceptors (Lipinski definition) is 0. The van der Waals surface area contributed by atoms with Crippen molar-refractivity contribution in [2.24, 2.45) is 0 Å². The third kappa shape index (κ3) is 5.34. The molecule has 0 heterocycles. The fourth-order valence-electron chi connectivity index (χ4n) is 12.6. The summed E-state index contributed by atoms with van der Waals surface area (Å²) in [5, 5.41) is 0. The van der Waals surface area contributed by atoms with E-state index in [2.05, 4.69) is 161 Å². The van der Waals surface area contributed by atoms with Crippen molar-refractivity contribution in [3.8, 4) is 0 Å². The molecule has 0 radical (unpaired) electrons. The molecule has 0 bridgehead atoms. The van der Waals surface area contributed by atoms with Gasteiger partial charge in [0.05, 0.1) is 0 Å². The Bertz CT molecular complexity index is 1830. The molecule has 0 aromatic heterocycles. The minimum absolute atomic E-state index is 0.395. The van der Waals surface area contributed by atoms with Crippen molar-refractivity contribution in [1.29, 1.82) is 0 Å². The van der Waals surface area contributed by atoms with E-state index in [1.54, 1.807) is 47.8 Å². The van der Waals surface area contributed by atoms with Crippen LogP contribution in [-0.2, 0) is 14.4 Å². The van der Waals surface area contributed by atoms with Crippen molar-refractivity contribution in [2.75, 3.05) is 0 Å². The Kier molecular flexibility index (Phi) is 9.76. The Morgan fingerprint density at radius 1 is 0.592 bits per heavy atom. The summed E-state index contributed by atoms with van der Waals surface area (Å²) in [4.78, 5) is 0. The normalized spacial score (nSPS) is 19.8. The second kappa shape index (κ2) is 12.4. The van der Waals surface area contributed by atoms with Crippen LogP contribution < -0.4 is 3.27 Å². The molecule has 0 aliphatic heterocycles. The van der Waals surface area contributed by atoms with Gasteiger partial charge >= 0.3 is 300 Å². The van der Waals surface area contributed by atoms with Gasteiger partial charge in [-0.3, -0.25) is 0 Å². The molecule has 0 fully saturated rings. The Labute approximate surface area is 297 Å². The van der Waals surface area contributed by atoms with Gasteiger partial charge in [0.1, 0.15) is 0 Å². The van der Waals surface area contributed by atoms with E-state index in [-0.39, 0.29) is 0 Å². The molecule has 0 saturated heterocycles. The Balaban J connectivity index is 2.14. The van der Waals surface area contributed by atoms with Gasteiger partial charge in [-0.15, -0.1) is 0 Å². The quantitative estimate of drug-likeness (QED) is 0.153. The van der Waals surface area contributed by atoms with Crippen molar-refractivity contribution in [2.45, 2.75) is 153 Å². The van der Waals surface area contributed by atoms with E-state index in [0.29, 0.717) is 30.9 Å². The van der Waals surface area contributed by atoms with E-state index < -0.39 is 14.4 Å². The van der Waals surface area contributed by atoms with Crippen molar-refractivity contribution >= 4 is 22.3 Å². The average Bonchev–Trinajstić information content (AvgIpc) is 3.60. The van der Waals surface area contributed by atoms with Crippen LogP contribution in [0.4, 0.5) is 0 Å². The van der Waals surface area contributed by atoms with E-state index in [1.807, 2.05) is 0 Å². The molecule has 2 heteroatoms. The number of benzene rings is 3. The number of fused-ring (bicyclic) bond motifs is 2. The maximum absolute atomic E-state index is 5.64. The molecule has 2 aliphatic carbocycles. The number of unbranched alkanes of at least 4 members (excludes halogenated alkanes) is 2. The van der Waals surface area contributed by atoms with Gasteiger partial charge in [-0.25, -0.2) is 0 Å². The second-order valence-electron chi connectivity index (χ2n) is 19.9. The van der Waals surface area contributed by atoms with Crippen LogP contribution in [0, 0.1) is 0 Å². The molecule has 3 aromatic rings. The molecule has 2 atom stereocenters. The molecule has 49 heavy (non-hydrogen) atoms. The third-order valence-electron chi connectivity index (χ3n) is 14.9. The molecule has 0 spiro atoms. The first-order valence-corrected chi connectivity index (χ1v) is 36.0. The van der Waals surface area contributed by atoms with E-state index >= 15 is 0 Å². The topological polar surface area (TPSA) is 0 Å². The zero-order valence-electron chi connectivity index (χ0n) is 33.8. The van der Waals surface area contributed by atoms with Crippen molar-refractivity contribution in [3.05, 3.63) is 110 Å². The predicted molar refractivity (Wildman–Crippen MR) is 222 cm³/mol. The third-order valence-corrected chi connectivity index (χ3v) is 60.7. The number of allylic oxidation sites excluding steroid dienone is 2. The van der Waals surface area contributed by atoms with Crippen molar-refractivity contribution < 1.29 is 14.4 Å². The molecule has 2 aliphatic rings. The molecule has 266 valence electrons. The van der Waals surface area contributed by atoms with Crippen LogP contribution in [0.25, 0.3) is 12.2 Å². The monoisotopic (exact) mass is 752 g/mol. The number of rotatable bonds is 13. The molecule has 0 amide bonds. The SMILES string of the molecule is CCC[CH2][Zr]([CH3])(=[SiH2])([CH2]CCC)([c]1ccccc1)([CH]1C(C)=Cc2c(C(C)C)cc(C(C)C)cc21)[CH]1C(C)=Cc2c(C(C)C)cc(C(C)C)cc21. The summed E-state index contributed by atoms with van der Waals surface area (Å²) < 4.78 is 8.19. The summed E-state index contributed by atoms with van der Waals surface area (Å²) in [6.45, 7) is 31.9. The zero-order chi connectivity index (χ0) is 36.2. The van der Waals surface area contributed by atoms with Gasteiger partial charge in [0.25, 0.3) is 0 Å². The molecule has 0 saturated carbocycles. The molecule has 0 nitrogen and oxygen atoms in total. The van der Waals surface area contributed by atoms with Crippen LogP contribution in [0.5, 0.6) is 0 Å². The minimum atomic E-state index is -5.64. The summed E-state index contributed by atoms with van der Waals surface area (Å²) in [7, 11) is 0. The molecular formula is C47H70SiZr. The first kappa shape index (κ1) is 38.5. The fourth-order valence-corrected chi connectivity index (χ4v) is 60.9. The summed E-state index contributed by atoms with van der Waals surface area (Å²) in [6.07, 6.45) is 10.3. The van der Waals surface area contributed by atoms with Crippen LogP contribution in [0.2, 0.25) is 12.9 Å². The van der Waals surface area contributed by atoms with E-state index in [4.69, 9.17) is 0 Å². The van der Waals surface area contributed by atoms with Crippen LogP contribution in [-0.4, -0.2) is 6.88 Å². The van der Waals surface area contributed by atoms with Gasteiger partial charge in [0.2, 0.25) is 0 Å². The van der Waals surface area contributed by atoms with Gasteiger partial charge in [0, 0.05) is 0 Å². The summed E-state index contributed by atoms with van der Waals surface area (Å²) in [5.41, 5.74) is 15.8. The standard InChI is InChI=1S/2C16H21.C6H5.2C4H9.CH3.H2Si.Zr/c2*1-10(2)13-8-14-6-12(5)7-16(14)15(9-13)11(3)4;1-2-4-6-5-3-1;2*1-3-4-2;;;/h2*6-11H,1-5H3;1-5H;2*1,3-4H2,2H3;1H3;1H2;.